The molecule has 2 rings (SSSR count). The molecule has 0 saturated heterocycles. The normalized spacial score (nSPS) is 11.7. The fourth-order valence-corrected chi connectivity index (χ4v) is 2.40. The molecule has 0 bridgehead atoms. The quantitative estimate of drug-likeness (QED) is 0.830. The highest BCUT2D eigenvalue weighted by atomic mass is 79.9. The van der Waals surface area contributed by atoms with Gasteiger partial charge in [0.25, 0.3) is 5.91 Å². The number of pyridine rings is 1. The van der Waals surface area contributed by atoms with Crippen LogP contribution in [0.15, 0.2) is 47.6 Å². The second kappa shape index (κ2) is 7.17. The lowest BCUT2D eigenvalue weighted by Gasteiger charge is -2.16. The van der Waals surface area contributed by atoms with Crippen LogP contribution in [0.1, 0.15) is 16.8 Å². The fraction of sp³-hybridized carbons (Fsp3) is 0.188. The van der Waals surface area contributed by atoms with Crippen molar-refractivity contribution in [2.45, 2.75) is 12.5 Å². The number of halogens is 1. The van der Waals surface area contributed by atoms with E-state index in [-0.39, 0.29) is 12.3 Å². The van der Waals surface area contributed by atoms with Gasteiger partial charge in [-0.2, -0.15) is 0 Å². The van der Waals surface area contributed by atoms with Gasteiger partial charge in [0.15, 0.2) is 0 Å². The molecule has 1 heterocycles. The summed E-state index contributed by atoms with van der Waals surface area (Å²) in [6, 6.07) is 8.19. The van der Waals surface area contributed by atoms with Gasteiger partial charge in [-0.1, -0.05) is 40.7 Å². The van der Waals surface area contributed by atoms with E-state index in [2.05, 4.69) is 32.8 Å². The number of fused-ring (bicyclic) bond motifs is 1. The van der Waals surface area contributed by atoms with Crippen LogP contribution in [0, 0.1) is 0 Å². The zero-order chi connectivity index (χ0) is 16.1. The van der Waals surface area contributed by atoms with E-state index in [1.54, 1.807) is 24.4 Å². The first kappa shape index (κ1) is 16.2. The second-order valence-corrected chi connectivity index (χ2v) is 5.77. The highest BCUT2D eigenvalue weighted by Gasteiger charge is 2.23. The monoisotopic (exact) mass is 362 g/mol. The smallest absolute Gasteiger partial charge is 0.328 e. The Morgan fingerprint density at radius 2 is 2.09 bits per heavy atom. The number of nitrogens with one attached hydrogen (secondary N) is 1. The van der Waals surface area contributed by atoms with E-state index >= 15 is 0 Å². The minimum absolute atomic E-state index is 0.247. The Bertz CT molecular complexity index is 725. The molecular formula is C16H15BrN2O3. The Morgan fingerprint density at radius 3 is 2.77 bits per heavy atom. The van der Waals surface area contributed by atoms with Crippen LogP contribution in [0.4, 0.5) is 0 Å². The first-order valence-corrected chi connectivity index (χ1v) is 7.38. The first-order valence-electron chi connectivity index (χ1n) is 6.58. The van der Waals surface area contributed by atoms with E-state index in [0.717, 1.165) is 5.39 Å². The number of methoxy groups -OCH3 is 1. The molecule has 0 radical (unpaired) electrons. The van der Waals surface area contributed by atoms with Crippen molar-refractivity contribution in [1.82, 2.24) is 10.3 Å². The molecule has 114 valence electrons. The number of carbonyl (C=O) groups is 2. The number of nitrogens with zero attached hydrogens (tertiary/aromatic N) is 1. The van der Waals surface area contributed by atoms with Crippen molar-refractivity contribution >= 4 is 38.7 Å². The van der Waals surface area contributed by atoms with Gasteiger partial charge < -0.3 is 10.1 Å². The largest absolute Gasteiger partial charge is 0.467 e. The molecule has 1 aromatic heterocycles. The molecule has 0 aliphatic rings. The second-order valence-electron chi connectivity index (χ2n) is 4.65. The van der Waals surface area contributed by atoms with Crippen LogP contribution < -0.4 is 5.32 Å². The molecule has 0 aliphatic carbocycles. The van der Waals surface area contributed by atoms with E-state index in [1.165, 1.54) is 7.11 Å². The molecule has 22 heavy (non-hydrogen) atoms. The number of hydrogen-bond donors (Lipinski definition) is 1. The van der Waals surface area contributed by atoms with Crippen molar-refractivity contribution in [2.24, 2.45) is 0 Å². The predicted molar refractivity (Wildman–Crippen MR) is 87.7 cm³/mol. The van der Waals surface area contributed by atoms with Gasteiger partial charge in [-0.15, -0.1) is 0 Å². The van der Waals surface area contributed by atoms with Crippen molar-refractivity contribution in [3.8, 4) is 0 Å². The van der Waals surface area contributed by atoms with Crippen LogP contribution in [0.3, 0.4) is 0 Å². The zero-order valence-electron chi connectivity index (χ0n) is 12.0. The molecule has 0 spiro atoms. The average Bonchev–Trinajstić information content (AvgIpc) is 2.52. The lowest BCUT2D eigenvalue weighted by Crippen LogP contribution is -2.41. The Balaban J connectivity index is 2.29. The standard InChI is InChI=1S/C16H15BrN2O3/c1-10(17)9-13(16(21)22-2)19-15(20)12-7-3-5-11-6-4-8-18-14(11)12/h3-8,13H,1,9H2,2H3,(H,19,20)/t13-/m0/s1. The van der Waals surface area contributed by atoms with E-state index in [0.29, 0.717) is 15.6 Å². The van der Waals surface area contributed by atoms with Gasteiger partial charge in [-0.25, -0.2) is 4.79 Å². The van der Waals surface area contributed by atoms with Gasteiger partial charge in [0.2, 0.25) is 0 Å². The minimum Gasteiger partial charge on any atom is -0.467 e. The summed E-state index contributed by atoms with van der Waals surface area (Å²) in [5, 5.41) is 3.52. The molecule has 0 aliphatic heterocycles. The van der Waals surface area contributed by atoms with Gasteiger partial charge in [0.05, 0.1) is 18.2 Å². The van der Waals surface area contributed by atoms with Crippen molar-refractivity contribution in [1.29, 1.82) is 0 Å². The summed E-state index contributed by atoms with van der Waals surface area (Å²) < 4.78 is 5.30. The van der Waals surface area contributed by atoms with Crippen LogP contribution in [-0.2, 0) is 9.53 Å². The molecular weight excluding hydrogens is 348 g/mol. The number of carbonyl (C=O) groups excluding carboxylic acids is 2. The highest BCUT2D eigenvalue weighted by Crippen LogP contribution is 2.17. The zero-order valence-corrected chi connectivity index (χ0v) is 13.6. The van der Waals surface area contributed by atoms with Crippen LogP contribution in [0.25, 0.3) is 10.9 Å². The first-order chi connectivity index (χ1) is 10.5. The molecule has 5 nitrogen and oxygen atoms in total. The summed E-state index contributed by atoms with van der Waals surface area (Å²) >= 11 is 3.19. The summed E-state index contributed by atoms with van der Waals surface area (Å²) in [6.07, 6.45) is 1.87. The van der Waals surface area contributed by atoms with Gasteiger partial charge in [0.1, 0.15) is 6.04 Å². The third-order valence-electron chi connectivity index (χ3n) is 3.09. The molecule has 1 atom stereocenters. The van der Waals surface area contributed by atoms with Crippen molar-refractivity contribution < 1.29 is 14.3 Å². The van der Waals surface area contributed by atoms with E-state index < -0.39 is 12.0 Å². The summed E-state index contributed by atoms with van der Waals surface area (Å²) in [7, 11) is 1.28. The Hall–Kier alpha value is -2.21. The van der Waals surface area contributed by atoms with Gasteiger partial charge in [-0.05, 0) is 16.6 Å². The number of esters is 1. The topological polar surface area (TPSA) is 68.3 Å². The Morgan fingerprint density at radius 1 is 1.36 bits per heavy atom. The molecule has 1 amide bonds. The molecule has 6 heteroatoms. The van der Waals surface area contributed by atoms with Crippen LogP contribution in [-0.4, -0.2) is 30.0 Å². The predicted octanol–water partition coefficient (Wildman–Crippen LogP) is 2.80. The van der Waals surface area contributed by atoms with Gasteiger partial charge in [-0.3, -0.25) is 9.78 Å². The van der Waals surface area contributed by atoms with Gasteiger partial charge >= 0.3 is 5.97 Å². The van der Waals surface area contributed by atoms with Crippen molar-refractivity contribution in [2.75, 3.05) is 7.11 Å². The number of para-hydroxylation sites is 1. The van der Waals surface area contributed by atoms with Crippen LogP contribution >= 0.6 is 15.9 Å². The Labute approximate surface area is 136 Å². The molecule has 1 aromatic carbocycles. The molecule has 2 aromatic rings. The molecule has 1 N–H and O–H groups in total. The third-order valence-corrected chi connectivity index (χ3v) is 3.42. The highest BCUT2D eigenvalue weighted by molar-refractivity contribution is 9.11. The summed E-state index contributed by atoms with van der Waals surface area (Å²) in [6.45, 7) is 3.69. The molecule has 0 fully saturated rings. The third kappa shape index (κ3) is 3.71. The van der Waals surface area contributed by atoms with Crippen LogP contribution in [0.2, 0.25) is 0 Å². The van der Waals surface area contributed by atoms with E-state index in [9.17, 15) is 9.59 Å². The SMILES string of the molecule is C=C(Br)C[C@H](NC(=O)c1cccc2cccnc12)C(=O)OC. The number of benzene rings is 1. The molecule has 0 unspecified atom stereocenters. The maximum absolute atomic E-state index is 12.5. The summed E-state index contributed by atoms with van der Waals surface area (Å²) in [5.74, 6) is -0.907. The van der Waals surface area contributed by atoms with Crippen molar-refractivity contribution in [3.63, 3.8) is 0 Å². The molecule has 0 saturated carbocycles. The van der Waals surface area contributed by atoms with E-state index in [1.807, 2.05) is 12.1 Å². The van der Waals surface area contributed by atoms with Crippen LogP contribution in [0.5, 0.6) is 0 Å². The number of ether oxygens (including phenoxy) is 1. The van der Waals surface area contributed by atoms with Crippen molar-refractivity contribution in [3.05, 3.63) is 53.2 Å². The lowest BCUT2D eigenvalue weighted by atomic mass is 10.1. The summed E-state index contributed by atoms with van der Waals surface area (Å²) in [4.78, 5) is 28.5. The maximum atomic E-state index is 12.5. The maximum Gasteiger partial charge on any atom is 0.328 e. The van der Waals surface area contributed by atoms with E-state index in [4.69, 9.17) is 4.74 Å². The lowest BCUT2D eigenvalue weighted by molar-refractivity contribution is -0.142. The summed E-state index contributed by atoms with van der Waals surface area (Å²) in [5.41, 5.74) is 0.996. The fourth-order valence-electron chi connectivity index (χ4n) is 2.08. The van der Waals surface area contributed by atoms with Gasteiger partial charge in [0, 0.05) is 18.0 Å². The number of amides is 1. The number of aromatic nitrogens is 1. The Kier molecular flexibility index (Phi) is 5.27. The average molecular weight is 363 g/mol. The number of hydrogen-bond acceptors (Lipinski definition) is 4. The minimum atomic E-state index is -0.802. The number of rotatable bonds is 5.